The number of aromatic nitrogens is 3. The number of alkyl halides is 3. The van der Waals surface area contributed by atoms with Gasteiger partial charge in [0.05, 0.1) is 12.1 Å². The molecule has 0 saturated carbocycles. The van der Waals surface area contributed by atoms with Crippen LogP contribution in [-0.4, -0.2) is 61.1 Å². The molecule has 6 rings (SSSR count). The van der Waals surface area contributed by atoms with E-state index >= 15 is 4.39 Å². The van der Waals surface area contributed by atoms with Gasteiger partial charge in [0.2, 0.25) is 23.5 Å². The molecule has 4 amide bonds. The molecule has 1 aromatic carbocycles. The molecule has 0 spiro atoms. The van der Waals surface area contributed by atoms with Crippen LogP contribution in [0.4, 0.5) is 17.6 Å². The van der Waals surface area contributed by atoms with Gasteiger partial charge >= 0.3 is 6.18 Å². The first kappa shape index (κ1) is 27.2. The van der Waals surface area contributed by atoms with Crippen molar-refractivity contribution in [3.05, 3.63) is 65.2 Å². The van der Waals surface area contributed by atoms with E-state index in [1.54, 1.807) is 4.90 Å². The summed E-state index contributed by atoms with van der Waals surface area (Å²) in [4.78, 5) is 60.4. The van der Waals surface area contributed by atoms with Crippen molar-refractivity contribution in [3.63, 3.8) is 0 Å². The van der Waals surface area contributed by atoms with Crippen LogP contribution < -0.4 is 5.32 Å². The lowest BCUT2D eigenvalue weighted by Crippen LogP contribution is -2.55. The van der Waals surface area contributed by atoms with E-state index in [1.807, 2.05) is 0 Å². The third kappa shape index (κ3) is 4.69. The Morgan fingerprint density at radius 2 is 1.83 bits per heavy atom. The Morgan fingerprint density at radius 1 is 1.05 bits per heavy atom. The molecule has 216 valence electrons. The number of carbonyl (C=O) groups is 4. The summed E-state index contributed by atoms with van der Waals surface area (Å²) >= 11 is 0. The minimum atomic E-state index is -4.71. The number of rotatable bonds is 5. The highest BCUT2D eigenvalue weighted by atomic mass is 19.4. The summed E-state index contributed by atoms with van der Waals surface area (Å²) in [5.74, 6) is -3.50. The second-order valence-electron chi connectivity index (χ2n) is 9.91. The van der Waals surface area contributed by atoms with Gasteiger partial charge in [-0.05, 0) is 43.0 Å². The molecule has 0 bridgehead atoms. The van der Waals surface area contributed by atoms with E-state index in [2.05, 4.69) is 20.4 Å². The second-order valence-corrected chi connectivity index (χ2v) is 9.91. The standard InChI is InChI=1S/C27H20F4N6O5/c28-21-14(13-8-9-32-18(11-13)27(29,30)31)3-1-4-15(21)23-34-20(42-35-23)12-36-10-2-5-16-22(36)26(41)37(25(16)40)17-6-7-19(38)33-24(17)39/h1,3-4,8-9,11,17H,2,5-7,10,12H2,(H,33,38,39). The van der Waals surface area contributed by atoms with Crippen molar-refractivity contribution in [2.45, 2.75) is 44.4 Å². The molecule has 2 aromatic heterocycles. The van der Waals surface area contributed by atoms with Gasteiger partial charge in [-0.25, -0.2) is 4.39 Å². The highest BCUT2D eigenvalue weighted by Gasteiger charge is 2.48. The van der Waals surface area contributed by atoms with Crippen molar-refractivity contribution in [1.29, 1.82) is 0 Å². The van der Waals surface area contributed by atoms with Crippen LogP contribution >= 0.6 is 0 Å². The molecule has 15 heteroatoms. The lowest BCUT2D eigenvalue weighted by molar-refractivity contribution is -0.150. The van der Waals surface area contributed by atoms with E-state index in [-0.39, 0.29) is 59.1 Å². The van der Waals surface area contributed by atoms with Gasteiger partial charge in [0, 0.05) is 30.3 Å². The third-order valence-electron chi connectivity index (χ3n) is 7.27. The van der Waals surface area contributed by atoms with Crippen molar-refractivity contribution in [1.82, 2.24) is 30.2 Å². The predicted octanol–water partition coefficient (Wildman–Crippen LogP) is 2.98. The van der Waals surface area contributed by atoms with E-state index in [0.29, 0.717) is 19.4 Å². The monoisotopic (exact) mass is 584 g/mol. The first-order valence-electron chi connectivity index (χ1n) is 12.9. The van der Waals surface area contributed by atoms with Crippen LogP contribution in [0.1, 0.15) is 37.3 Å². The summed E-state index contributed by atoms with van der Waals surface area (Å²) in [5, 5.41) is 5.97. The summed E-state index contributed by atoms with van der Waals surface area (Å²) in [6, 6.07) is 4.98. The van der Waals surface area contributed by atoms with Crippen LogP contribution in [0, 0.1) is 5.82 Å². The van der Waals surface area contributed by atoms with E-state index < -0.39 is 47.4 Å². The number of halogens is 4. The minimum Gasteiger partial charge on any atom is -0.357 e. The lowest BCUT2D eigenvalue weighted by Gasteiger charge is -2.29. The van der Waals surface area contributed by atoms with E-state index in [1.165, 1.54) is 24.3 Å². The molecular formula is C27H20F4N6O5. The molecular weight excluding hydrogens is 564 g/mol. The second kappa shape index (κ2) is 10.2. The van der Waals surface area contributed by atoms with Crippen molar-refractivity contribution < 1.29 is 41.3 Å². The van der Waals surface area contributed by atoms with Crippen molar-refractivity contribution in [2.24, 2.45) is 0 Å². The van der Waals surface area contributed by atoms with Crippen LogP contribution in [0.15, 0.2) is 52.3 Å². The van der Waals surface area contributed by atoms with Gasteiger partial charge in [-0.15, -0.1) is 0 Å². The number of benzene rings is 1. The first-order valence-corrected chi connectivity index (χ1v) is 12.9. The maximum absolute atomic E-state index is 15.5. The number of hydrogen-bond acceptors (Lipinski definition) is 9. The van der Waals surface area contributed by atoms with E-state index in [0.717, 1.165) is 17.2 Å². The maximum atomic E-state index is 15.5. The molecule has 42 heavy (non-hydrogen) atoms. The Labute approximate surface area is 234 Å². The SMILES string of the molecule is O=C1CCC(N2C(=O)C3=C(C2=O)N(Cc2nc(-c4cccc(-c5ccnc(C(F)(F)F)c5)c4F)no2)CCC3)C(=O)N1. The molecule has 3 aliphatic heterocycles. The highest BCUT2D eigenvalue weighted by Crippen LogP contribution is 2.36. The van der Waals surface area contributed by atoms with Crippen LogP contribution in [0.2, 0.25) is 0 Å². The molecule has 5 heterocycles. The fraction of sp³-hybridized carbons (Fsp3) is 0.296. The minimum absolute atomic E-state index is 0.00494. The molecule has 0 aliphatic carbocycles. The van der Waals surface area contributed by atoms with Gasteiger partial charge in [-0.1, -0.05) is 17.3 Å². The third-order valence-corrected chi connectivity index (χ3v) is 7.27. The maximum Gasteiger partial charge on any atom is 0.433 e. The Morgan fingerprint density at radius 3 is 2.60 bits per heavy atom. The van der Waals surface area contributed by atoms with Crippen LogP contribution in [0.25, 0.3) is 22.5 Å². The number of imide groups is 2. The zero-order chi connectivity index (χ0) is 29.8. The summed E-state index contributed by atoms with van der Waals surface area (Å²) < 4.78 is 60.2. The number of carbonyl (C=O) groups excluding carboxylic acids is 4. The number of nitrogens with zero attached hydrogens (tertiary/aromatic N) is 5. The van der Waals surface area contributed by atoms with Crippen molar-refractivity contribution in [3.8, 4) is 22.5 Å². The van der Waals surface area contributed by atoms with Crippen LogP contribution in [0.5, 0.6) is 0 Å². The number of amides is 4. The van der Waals surface area contributed by atoms with Crippen LogP contribution in [0.3, 0.4) is 0 Å². The van der Waals surface area contributed by atoms with Gasteiger partial charge in [0.15, 0.2) is 0 Å². The van der Waals surface area contributed by atoms with Gasteiger partial charge in [-0.3, -0.25) is 34.4 Å². The Hall–Kier alpha value is -4.95. The molecule has 1 atom stereocenters. The number of nitrogens with one attached hydrogen (secondary N) is 1. The summed E-state index contributed by atoms with van der Waals surface area (Å²) in [6.45, 7) is 0.251. The smallest absolute Gasteiger partial charge is 0.357 e. The topological polar surface area (TPSA) is 139 Å². The Kier molecular flexibility index (Phi) is 6.58. The van der Waals surface area contributed by atoms with Gasteiger partial charge in [-0.2, -0.15) is 18.2 Å². The average molecular weight is 584 g/mol. The number of pyridine rings is 1. The molecule has 11 nitrogen and oxygen atoms in total. The number of hydrogen-bond donors (Lipinski definition) is 1. The zero-order valence-electron chi connectivity index (χ0n) is 21.6. The molecule has 1 N–H and O–H groups in total. The Bertz CT molecular complexity index is 1680. The Balaban J connectivity index is 1.24. The normalized spacial score (nSPS) is 19.5. The van der Waals surface area contributed by atoms with Crippen molar-refractivity contribution in [2.75, 3.05) is 6.54 Å². The molecule has 1 saturated heterocycles. The summed E-state index contributed by atoms with van der Waals surface area (Å²) in [5.41, 5.74) is -1.12. The first-order chi connectivity index (χ1) is 20.0. The highest BCUT2D eigenvalue weighted by molar-refractivity contribution is 6.21. The molecule has 3 aliphatic rings. The molecule has 1 fully saturated rings. The quantitative estimate of drug-likeness (QED) is 0.354. The average Bonchev–Trinajstić information content (AvgIpc) is 3.51. The fourth-order valence-corrected chi connectivity index (χ4v) is 5.33. The van der Waals surface area contributed by atoms with E-state index in [9.17, 15) is 32.3 Å². The van der Waals surface area contributed by atoms with Crippen molar-refractivity contribution >= 4 is 23.6 Å². The van der Waals surface area contributed by atoms with Gasteiger partial charge in [0.25, 0.3) is 11.8 Å². The fourth-order valence-electron chi connectivity index (χ4n) is 5.33. The molecule has 1 unspecified atom stereocenters. The van der Waals surface area contributed by atoms with Gasteiger partial charge < -0.3 is 9.42 Å². The molecule has 3 aromatic rings. The van der Waals surface area contributed by atoms with Gasteiger partial charge in [0.1, 0.15) is 23.3 Å². The molecule has 0 radical (unpaired) electrons. The van der Waals surface area contributed by atoms with Crippen LogP contribution in [-0.2, 0) is 31.9 Å². The summed E-state index contributed by atoms with van der Waals surface area (Å²) in [7, 11) is 0. The summed E-state index contributed by atoms with van der Waals surface area (Å²) in [6.07, 6.45) is -2.91. The largest absolute Gasteiger partial charge is 0.433 e. The zero-order valence-corrected chi connectivity index (χ0v) is 21.6. The van der Waals surface area contributed by atoms with E-state index in [4.69, 9.17) is 4.52 Å². The lowest BCUT2D eigenvalue weighted by atomic mass is 10.0. The predicted molar refractivity (Wildman–Crippen MR) is 133 cm³/mol. The number of piperidine rings is 1.